The lowest BCUT2D eigenvalue weighted by Crippen LogP contribution is -2.03. The largest absolute Gasteiger partial charge is 0.493 e. The maximum absolute atomic E-state index is 11.7. The molecule has 112 valence electrons. The first-order chi connectivity index (χ1) is 10.2. The number of thiazole rings is 1. The van der Waals surface area contributed by atoms with Crippen LogP contribution < -0.4 is 4.74 Å². The SMILES string of the molecule is CCOC(=O)c1sc(SCCOc2ccccc2)nc1C. The molecule has 0 aliphatic heterocycles. The summed E-state index contributed by atoms with van der Waals surface area (Å²) in [6, 6.07) is 9.70. The van der Waals surface area contributed by atoms with Crippen molar-refractivity contribution in [2.75, 3.05) is 19.0 Å². The average molecular weight is 323 g/mol. The van der Waals surface area contributed by atoms with Crippen LogP contribution in [0.5, 0.6) is 5.75 Å². The maximum Gasteiger partial charge on any atom is 0.350 e. The number of rotatable bonds is 7. The van der Waals surface area contributed by atoms with Crippen LogP contribution in [-0.4, -0.2) is 29.9 Å². The van der Waals surface area contributed by atoms with E-state index in [9.17, 15) is 4.79 Å². The molecule has 2 aromatic rings. The number of benzene rings is 1. The normalized spacial score (nSPS) is 10.4. The van der Waals surface area contributed by atoms with Gasteiger partial charge in [0.05, 0.1) is 18.9 Å². The minimum atomic E-state index is -0.292. The first kappa shape index (κ1) is 15.9. The number of ether oxygens (including phenoxy) is 2. The van der Waals surface area contributed by atoms with Crippen molar-refractivity contribution in [3.8, 4) is 5.75 Å². The van der Waals surface area contributed by atoms with Crippen LogP contribution in [0.4, 0.5) is 0 Å². The van der Waals surface area contributed by atoms with Crippen molar-refractivity contribution in [3.63, 3.8) is 0 Å². The number of carbonyl (C=O) groups is 1. The van der Waals surface area contributed by atoms with Gasteiger partial charge in [0, 0.05) is 5.75 Å². The molecule has 1 aromatic carbocycles. The molecule has 6 heteroatoms. The van der Waals surface area contributed by atoms with Gasteiger partial charge >= 0.3 is 5.97 Å². The van der Waals surface area contributed by atoms with Crippen LogP contribution in [0, 0.1) is 6.92 Å². The van der Waals surface area contributed by atoms with E-state index in [4.69, 9.17) is 9.47 Å². The van der Waals surface area contributed by atoms with E-state index in [1.54, 1.807) is 18.7 Å². The molecule has 0 atom stereocenters. The molecule has 0 aliphatic rings. The quantitative estimate of drug-likeness (QED) is 0.441. The summed E-state index contributed by atoms with van der Waals surface area (Å²) in [5, 5.41) is 0. The molecule has 0 amide bonds. The van der Waals surface area contributed by atoms with Gasteiger partial charge in [0.15, 0.2) is 4.34 Å². The highest BCUT2D eigenvalue weighted by atomic mass is 32.2. The second-order valence-corrected chi connectivity index (χ2v) is 6.47. The standard InChI is InChI=1S/C15H17NO3S2/c1-3-18-14(17)13-11(2)16-15(21-13)20-10-9-19-12-7-5-4-6-8-12/h4-8H,3,9-10H2,1-2H3. The second kappa shape index (κ2) is 8.05. The highest BCUT2D eigenvalue weighted by molar-refractivity contribution is 8.01. The Balaban J connectivity index is 1.81. The first-order valence-corrected chi connectivity index (χ1v) is 8.46. The van der Waals surface area contributed by atoms with Crippen LogP contribution in [0.3, 0.4) is 0 Å². The maximum atomic E-state index is 11.7. The Morgan fingerprint density at radius 1 is 1.33 bits per heavy atom. The molecule has 1 heterocycles. The average Bonchev–Trinajstić information content (AvgIpc) is 2.86. The van der Waals surface area contributed by atoms with Gasteiger partial charge in [-0.15, -0.1) is 11.3 Å². The first-order valence-electron chi connectivity index (χ1n) is 6.66. The molecule has 1 aromatic heterocycles. The molecule has 0 N–H and O–H groups in total. The molecule has 0 spiro atoms. The Morgan fingerprint density at radius 2 is 2.10 bits per heavy atom. The van der Waals surface area contributed by atoms with Crippen molar-refractivity contribution in [2.24, 2.45) is 0 Å². The zero-order valence-corrected chi connectivity index (χ0v) is 13.6. The molecule has 0 fully saturated rings. The van der Waals surface area contributed by atoms with Gasteiger partial charge in [-0.1, -0.05) is 30.0 Å². The molecule has 0 saturated carbocycles. The van der Waals surface area contributed by atoms with Crippen molar-refractivity contribution in [2.45, 2.75) is 18.2 Å². The van der Waals surface area contributed by atoms with Crippen LogP contribution in [0.2, 0.25) is 0 Å². The van der Waals surface area contributed by atoms with Crippen LogP contribution in [0.15, 0.2) is 34.7 Å². The fourth-order valence-corrected chi connectivity index (χ4v) is 3.60. The van der Waals surface area contributed by atoms with Gasteiger partial charge in [-0.25, -0.2) is 9.78 Å². The Labute approximate surface area is 132 Å². The van der Waals surface area contributed by atoms with E-state index in [1.165, 1.54) is 11.3 Å². The molecule has 0 saturated heterocycles. The van der Waals surface area contributed by atoms with E-state index < -0.39 is 0 Å². The predicted molar refractivity (Wildman–Crippen MR) is 85.5 cm³/mol. The smallest absolute Gasteiger partial charge is 0.350 e. The van der Waals surface area contributed by atoms with E-state index in [-0.39, 0.29) is 5.97 Å². The molecule has 0 aliphatic carbocycles. The topological polar surface area (TPSA) is 48.4 Å². The molecule has 0 bridgehead atoms. The molecule has 2 rings (SSSR count). The predicted octanol–water partition coefficient (Wildman–Crippen LogP) is 3.80. The number of nitrogens with zero attached hydrogens (tertiary/aromatic N) is 1. The fourth-order valence-electron chi connectivity index (χ4n) is 1.62. The van der Waals surface area contributed by atoms with Crippen molar-refractivity contribution in [3.05, 3.63) is 40.9 Å². The lowest BCUT2D eigenvalue weighted by atomic mass is 10.3. The number of hydrogen-bond acceptors (Lipinski definition) is 6. The summed E-state index contributed by atoms with van der Waals surface area (Å²) in [7, 11) is 0. The molecule has 4 nitrogen and oxygen atoms in total. The van der Waals surface area contributed by atoms with Crippen LogP contribution in [0.1, 0.15) is 22.3 Å². The number of esters is 1. The summed E-state index contributed by atoms with van der Waals surface area (Å²) >= 11 is 2.96. The van der Waals surface area contributed by atoms with Crippen molar-refractivity contribution in [1.82, 2.24) is 4.98 Å². The second-order valence-electron chi connectivity index (χ2n) is 4.12. The van der Waals surface area contributed by atoms with Crippen LogP contribution in [0.25, 0.3) is 0 Å². The number of aryl methyl sites for hydroxylation is 1. The van der Waals surface area contributed by atoms with E-state index in [0.717, 1.165) is 21.5 Å². The van der Waals surface area contributed by atoms with Gasteiger partial charge in [-0.05, 0) is 26.0 Å². The third-order valence-electron chi connectivity index (χ3n) is 2.56. The van der Waals surface area contributed by atoms with Gasteiger partial charge in [-0.2, -0.15) is 0 Å². The van der Waals surface area contributed by atoms with Crippen molar-refractivity contribution in [1.29, 1.82) is 0 Å². The lowest BCUT2D eigenvalue weighted by Gasteiger charge is -2.04. The van der Waals surface area contributed by atoms with E-state index in [0.29, 0.717) is 18.1 Å². The van der Waals surface area contributed by atoms with Crippen LogP contribution in [-0.2, 0) is 4.74 Å². The monoisotopic (exact) mass is 323 g/mol. The Kier molecular flexibility index (Phi) is 6.07. The number of aromatic nitrogens is 1. The number of hydrogen-bond donors (Lipinski definition) is 0. The van der Waals surface area contributed by atoms with Gasteiger partial charge in [0.25, 0.3) is 0 Å². The molecule has 0 unspecified atom stereocenters. The number of para-hydroxylation sites is 1. The van der Waals surface area contributed by atoms with E-state index in [2.05, 4.69) is 4.98 Å². The minimum Gasteiger partial charge on any atom is -0.493 e. The number of thioether (sulfide) groups is 1. The third kappa shape index (κ3) is 4.75. The minimum absolute atomic E-state index is 0.292. The molecular formula is C15H17NO3S2. The Morgan fingerprint density at radius 3 is 2.81 bits per heavy atom. The summed E-state index contributed by atoms with van der Waals surface area (Å²) in [5.74, 6) is 1.35. The summed E-state index contributed by atoms with van der Waals surface area (Å²) < 4.78 is 11.5. The third-order valence-corrected chi connectivity index (χ3v) is 4.80. The summed E-state index contributed by atoms with van der Waals surface area (Å²) in [4.78, 5) is 16.7. The molecular weight excluding hydrogens is 306 g/mol. The van der Waals surface area contributed by atoms with Gasteiger partial charge < -0.3 is 9.47 Å². The summed E-state index contributed by atoms with van der Waals surface area (Å²) in [6.07, 6.45) is 0. The zero-order valence-electron chi connectivity index (χ0n) is 12.0. The van der Waals surface area contributed by atoms with E-state index >= 15 is 0 Å². The zero-order chi connectivity index (χ0) is 15.1. The lowest BCUT2D eigenvalue weighted by molar-refractivity contribution is 0.0531. The number of carbonyl (C=O) groups excluding carboxylic acids is 1. The fraction of sp³-hybridized carbons (Fsp3) is 0.333. The Hall–Kier alpha value is -1.53. The molecule has 0 radical (unpaired) electrons. The molecule has 21 heavy (non-hydrogen) atoms. The van der Waals surface area contributed by atoms with E-state index in [1.807, 2.05) is 37.3 Å². The summed E-state index contributed by atoms with van der Waals surface area (Å²) in [6.45, 7) is 4.60. The van der Waals surface area contributed by atoms with Crippen molar-refractivity contribution >= 4 is 29.1 Å². The Bertz CT molecular complexity index is 584. The van der Waals surface area contributed by atoms with Gasteiger partial charge in [0.1, 0.15) is 10.6 Å². The van der Waals surface area contributed by atoms with Gasteiger partial charge in [0.2, 0.25) is 0 Å². The highest BCUT2D eigenvalue weighted by Gasteiger charge is 2.16. The highest BCUT2D eigenvalue weighted by Crippen LogP contribution is 2.27. The van der Waals surface area contributed by atoms with Crippen LogP contribution >= 0.6 is 23.1 Å². The van der Waals surface area contributed by atoms with Gasteiger partial charge in [-0.3, -0.25) is 0 Å². The van der Waals surface area contributed by atoms with Crippen molar-refractivity contribution < 1.29 is 14.3 Å². The summed E-state index contributed by atoms with van der Waals surface area (Å²) in [5.41, 5.74) is 0.727.